The Bertz CT molecular complexity index is 901. The molecule has 3 N–H and O–H groups in total. The van der Waals surface area contributed by atoms with Gasteiger partial charge in [-0.15, -0.1) is 0 Å². The van der Waals surface area contributed by atoms with Crippen LogP contribution in [-0.4, -0.2) is 66.9 Å². The fraction of sp³-hybridized carbons (Fsp3) is 0.656. The molecular formula is C32H54N4O5. The minimum atomic E-state index is -0.722. The fourth-order valence-electron chi connectivity index (χ4n) is 3.80. The van der Waals surface area contributed by atoms with Crippen LogP contribution in [0.3, 0.4) is 0 Å². The van der Waals surface area contributed by atoms with E-state index in [0.29, 0.717) is 25.2 Å². The minimum absolute atomic E-state index is 0.0371. The van der Waals surface area contributed by atoms with Gasteiger partial charge in [-0.1, -0.05) is 97.6 Å². The first-order chi connectivity index (χ1) is 19.6. The van der Waals surface area contributed by atoms with Crippen LogP contribution < -0.4 is 16.0 Å². The molecule has 0 radical (unpaired) electrons. The van der Waals surface area contributed by atoms with Crippen LogP contribution in [0.5, 0.6) is 0 Å². The second kappa shape index (κ2) is 22.6. The third kappa shape index (κ3) is 17.4. The highest BCUT2D eigenvalue weighted by atomic mass is 16.2. The molecule has 1 aliphatic heterocycles. The van der Waals surface area contributed by atoms with Crippen LogP contribution in [0.15, 0.2) is 30.3 Å². The lowest BCUT2D eigenvalue weighted by Crippen LogP contribution is -2.52. The molecule has 2 aliphatic rings. The molecule has 0 aromatic heterocycles. The Balaban J connectivity index is 0.000000889. The number of nitrogens with one attached hydrogen (secondary N) is 3. The van der Waals surface area contributed by atoms with Crippen LogP contribution in [0.1, 0.15) is 92.1 Å². The Kier molecular flexibility index (Phi) is 20.9. The summed E-state index contributed by atoms with van der Waals surface area (Å²) in [5.41, 5.74) is 0.934. The van der Waals surface area contributed by atoms with E-state index in [-0.39, 0.29) is 30.3 Å². The number of nitrogens with zero attached hydrogens (tertiary/aromatic N) is 1. The van der Waals surface area contributed by atoms with Gasteiger partial charge < -0.3 is 20.7 Å². The Morgan fingerprint density at radius 3 is 2.00 bits per heavy atom. The number of hydrogen-bond donors (Lipinski definition) is 3. The number of benzene rings is 1. The van der Waals surface area contributed by atoms with Crippen LogP contribution in [0.25, 0.3) is 0 Å². The van der Waals surface area contributed by atoms with Crippen molar-refractivity contribution < 1.29 is 24.0 Å². The van der Waals surface area contributed by atoms with E-state index in [1.165, 1.54) is 12.8 Å². The van der Waals surface area contributed by atoms with Gasteiger partial charge in [0.15, 0.2) is 0 Å². The number of amides is 3. The van der Waals surface area contributed by atoms with E-state index < -0.39 is 17.7 Å². The highest BCUT2D eigenvalue weighted by molar-refractivity contribution is 6.38. The van der Waals surface area contributed by atoms with Crippen molar-refractivity contribution >= 4 is 29.8 Å². The third-order valence-corrected chi connectivity index (χ3v) is 6.13. The van der Waals surface area contributed by atoms with Crippen LogP contribution in [0.4, 0.5) is 0 Å². The summed E-state index contributed by atoms with van der Waals surface area (Å²) in [6.07, 6.45) is 7.63. The molecule has 41 heavy (non-hydrogen) atoms. The van der Waals surface area contributed by atoms with E-state index in [1.807, 2.05) is 42.3 Å². The Hall–Kier alpha value is -3.07. The van der Waals surface area contributed by atoms with Crippen molar-refractivity contribution in [1.29, 1.82) is 0 Å². The first-order valence-corrected chi connectivity index (χ1v) is 15.1. The predicted molar refractivity (Wildman–Crippen MR) is 164 cm³/mol. The molecule has 2 atom stereocenters. The summed E-state index contributed by atoms with van der Waals surface area (Å²) < 4.78 is 0. The van der Waals surface area contributed by atoms with Gasteiger partial charge in [-0.05, 0) is 44.3 Å². The van der Waals surface area contributed by atoms with Crippen molar-refractivity contribution in [3.05, 3.63) is 35.9 Å². The number of rotatable bonds is 11. The summed E-state index contributed by atoms with van der Waals surface area (Å²) in [5, 5.41) is 7.95. The number of Topliss-reactive ketones (excluding diaryl/α,β-unsaturated/α-hetero) is 1. The summed E-state index contributed by atoms with van der Waals surface area (Å²) in [5.74, 6) is -0.985. The van der Waals surface area contributed by atoms with E-state index in [9.17, 15) is 24.0 Å². The van der Waals surface area contributed by atoms with Gasteiger partial charge in [0.2, 0.25) is 17.6 Å². The molecule has 1 aromatic carbocycles. The van der Waals surface area contributed by atoms with Crippen LogP contribution in [-0.2, 0) is 30.5 Å². The zero-order chi connectivity index (χ0) is 31.2. The molecule has 3 rings (SSSR count). The van der Waals surface area contributed by atoms with Gasteiger partial charge in [0.1, 0.15) is 6.29 Å². The maximum Gasteiger partial charge on any atom is 0.289 e. The van der Waals surface area contributed by atoms with E-state index in [1.54, 1.807) is 13.8 Å². The number of carbonyl (C=O) groups excluding carboxylic acids is 5. The van der Waals surface area contributed by atoms with Crippen LogP contribution in [0, 0.1) is 11.8 Å². The lowest BCUT2D eigenvalue weighted by Gasteiger charge is -2.23. The summed E-state index contributed by atoms with van der Waals surface area (Å²) in [7, 11) is 1.92. The summed E-state index contributed by atoms with van der Waals surface area (Å²) in [4.78, 5) is 59.8. The fourth-order valence-corrected chi connectivity index (χ4v) is 3.80. The molecule has 3 amide bonds. The molecule has 1 aliphatic carbocycles. The lowest BCUT2D eigenvalue weighted by molar-refractivity contribution is -0.140. The summed E-state index contributed by atoms with van der Waals surface area (Å²) in [6.45, 7) is 13.4. The first-order valence-electron chi connectivity index (χ1n) is 15.1. The Morgan fingerprint density at radius 2 is 1.54 bits per heavy atom. The smallest absolute Gasteiger partial charge is 0.289 e. The van der Waals surface area contributed by atoms with Crippen LogP contribution in [0.2, 0.25) is 0 Å². The maximum absolute atomic E-state index is 12.6. The molecule has 232 valence electrons. The molecule has 1 saturated carbocycles. The molecular weight excluding hydrogens is 520 g/mol. The van der Waals surface area contributed by atoms with Gasteiger partial charge in [0, 0.05) is 12.5 Å². The SMILES string of the molecule is CC(C)C(=O)NCC=O.CCC.CCC.CN1CCCC1C(=O)NC(CC1CC1)C(=O)C(=O)NCc1ccccc1. The number of ketones is 1. The highest BCUT2D eigenvalue weighted by Gasteiger charge is 2.36. The van der Waals surface area contributed by atoms with Crippen molar-refractivity contribution in [2.75, 3.05) is 20.1 Å². The van der Waals surface area contributed by atoms with Crippen molar-refractivity contribution in [3.63, 3.8) is 0 Å². The van der Waals surface area contributed by atoms with E-state index in [0.717, 1.165) is 37.8 Å². The second-order valence-electron chi connectivity index (χ2n) is 10.9. The Morgan fingerprint density at radius 1 is 0.951 bits per heavy atom. The molecule has 2 unspecified atom stereocenters. The summed E-state index contributed by atoms with van der Waals surface area (Å²) >= 11 is 0. The monoisotopic (exact) mass is 574 g/mol. The number of carbonyl (C=O) groups is 5. The molecule has 0 spiro atoms. The van der Waals surface area contributed by atoms with Gasteiger partial charge in [0.25, 0.3) is 5.91 Å². The molecule has 1 saturated heterocycles. The topological polar surface area (TPSA) is 125 Å². The van der Waals surface area contributed by atoms with E-state index >= 15 is 0 Å². The van der Waals surface area contributed by atoms with Gasteiger partial charge in [-0.2, -0.15) is 0 Å². The van der Waals surface area contributed by atoms with Crippen molar-refractivity contribution in [2.45, 2.75) is 105 Å². The zero-order valence-corrected chi connectivity index (χ0v) is 26.3. The van der Waals surface area contributed by atoms with Gasteiger partial charge in [-0.25, -0.2) is 0 Å². The van der Waals surface area contributed by atoms with E-state index in [2.05, 4.69) is 43.6 Å². The molecule has 0 bridgehead atoms. The van der Waals surface area contributed by atoms with Gasteiger partial charge in [-0.3, -0.25) is 24.1 Å². The number of aldehydes is 1. The first kappa shape index (κ1) is 37.9. The molecule has 1 aromatic rings. The van der Waals surface area contributed by atoms with Crippen molar-refractivity contribution in [2.24, 2.45) is 11.8 Å². The lowest BCUT2D eigenvalue weighted by atomic mass is 10.0. The van der Waals surface area contributed by atoms with Crippen LogP contribution >= 0.6 is 0 Å². The molecule has 1 heterocycles. The number of likely N-dealkylation sites (N-methyl/N-ethyl adjacent to an activating group) is 1. The largest absolute Gasteiger partial charge is 0.349 e. The normalized spacial score (nSPS) is 16.3. The minimum Gasteiger partial charge on any atom is -0.349 e. The van der Waals surface area contributed by atoms with E-state index in [4.69, 9.17) is 0 Å². The zero-order valence-electron chi connectivity index (χ0n) is 26.3. The standard InChI is InChI=1S/C20H27N3O3.C6H11NO2.2C3H8/c1-23-11-5-8-17(23)19(25)22-16(12-14-9-10-14)18(24)20(26)21-13-15-6-3-2-4-7-15;1-5(2)6(9)7-3-4-8;2*1-3-2/h2-4,6-7,14,16-17H,5,8-13H2,1H3,(H,21,26)(H,22,25);4-5H,3H2,1-2H3,(H,7,9);2*3H2,1-2H3. The maximum atomic E-state index is 12.6. The molecule has 9 nitrogen and oxygen atoms in total. The second-order valence-corrected chi connectivity index (χ2v) is 10.9. The molecule has 9 heteroatoms. The van der Waals surface area contributed by atoms with Gasteiger partial charge >= 0.3 is 0 Å². The average molecular weight is 575 g/mol. The van der Waals surface area contributed by atoms with Crippen molar-refractivity contribution in [3.8, 4) is 0 Å². The summed E-state index contributed by atoms with van der Waals surface area (Å²) in [6, 6.07) is 8.54. The third-order valence-electron chi connectivity index (χ3n) is 6.13. The Labute approximate surface area is 247 Å². The number of likely N-dealkylation sites (tertiary alicyclic amines) is 1. The van der Waals surface area contributed by atoms with Crippen molar-refractivity contribution in [1.82, 2.24) is 20.9 Å². The van der Waals surface area contributed by atoms with Gasteiger partial charge in [0.05, 0.1) is 18.6 Å². The predicted octanol–water partition coefficient (Wildman–Crippen LogP) is 4.04. The molecule has 2 fully saturated rings. The highest BCUT2D eigenvalue weighted by Crippen LogP contribution is 2.33. The quantitative estimate of drug-likeness (QED) is 0.271. The average Bonchev–Trinajstić information content (AvgIpc) is 3.67. The number of hydrogen-bond acceptors (Lipinski definition) is 6.